The van der Waals surface area contributed by atoms with Crippen molar-refractivity contribution in [1.29, 1.82) is 0 Å². The number of rotatable bonds is 4. The number of hydrogen-bond acceptors (Lipinski definition) is 3. The van der Waals surface area contributed by atoms with Gasteiger partial charge in [-0.1, -0.05) is 31.9 Å². The molecule has 1 aliphatic heterocycles. The van der Waals surface area contributed by atoms with Gasteiger partial charge >= 0.3 is 0 Å². The largest absolute Gasteiger partial charge is 0.381 e. The summed E-state index contributed by atoms with van der Waals surface area (Å²) in [5, 5.41) is 0.496. The minimum atomic E-state index is -3.48. The zero-order chi connectivity index (χ0) is 13.9. The Morgan fingerprint density at radius 2 is 2.00 bits per heavy atom. The number of benzene rings is 1. The molecule has 1 N–H and O–H groups in total. The van der Waals surface area contributed by atoms with E-state index in [-0.39, 0.29) is 6.04 Å². The molecule has 19 heavy (non-hydrogen) atoms. The van der Waals surface area contributed by atoms with E-state index in [4.69, 9.17) is 4.74 Å². The Balaban J connectivity index is 2.23. The van der Waals surface area contributed by atoms with E-state index in [1.54, 1.807) is 12.1 Å². The van der Waals surface area contributed by atoms with Crippen LogP contribution in [0, 0.1) is 0 Å². The smallest absolute Gasteiger partial charge is 0.241 e. The predicted octanol–water partition coefficient (Wildman–Crippen LogP) is 2.80. The Morgan fingerprint density at radius 1 is 1.32 bits per heavy atom. The van der Waals surface area contributed by atoms with Crippen molar-refractivity contribution in [2.24, 2.45) is 0 Å². The second-order valence-corrected chi connectivity index (χ2v) is 7.55. The van der Waals surface area contributed by atoms with Crippen molar-refractivity contribution >= 4 is 41.9 Å². The lowest BCUT2D eigenvalue weighted by Gasteiger charge is -2.23. The van der Waals surface area contributed by atoms with Crippen LogP contribution in [0.4, 0.5) is 0 Å². The fourth-order valence-corrected chi connectivity index (χ4v) is 4.60. The van der Waals surface area contributed by atoms with Gasteiger partial charge in [-0.15, -0.1) is 0 Å². The van der Waals surface area contributed by atoms with Gasteiger partial charge in [0.25, 0.3) is 0 Å². The lowest BCUT2D eigenvalue weighted by molar-refractivity contribution is 0.0832. The van der Waals surface area contributed by atoms with Gasteiger partial charge in [0, 0.05) is 29.1 Å². The van der Waals surface area contributed by atoms with Gasteiger partial charge in [-0.3, -0.25) is 0 Å². The van der Waals surface area contributed by atoms with Gasteiger partial charge in [-0.05, 0) is 36.6 Å². The van der Waals surface area contributed by atoms with E-state index in [1.807, 2.05) is 6.07 Å². The molecule has 0 atom stereocenters. The molecule has 0 radical (unpaired) electrons. The zero-order valence-electron chi connectivity index (χ0n) is 10.2. The van der Waals surface area contributed by atoms with Gasteiger partial charge in [-0.25, -0.2) is 13.1 Å². The third-order valence-corrected chi connectivity index (χ3v) is 5.72. The third-order valence-electron chi connectivity index (χ3n) is 3.00. The van der Waals surface area contributed by atoms with E-state index < -0.39 is 10.0 Å². The van der Waals surface area contributed by atoms with Crippen LogP contribution in [0.1, 0.15) is 18.4 Å². The molecule has 0 aliphatic carbocycles. The number of halogens is 2. The van der Waals surface area contributed by atoms with Crippen LogP contribution in [0.3, 0.4) is 0 Å². The normalized spacial score (nSPS) is 17.6. The number of nitrogens with one attached hydrogen (secondary N) is 1. The maximum atomic E-state index is 12.4. The average Bonchev–Trinajstić information content (AvgIpc) is 2.38. The molecule has 0 spiro atoms. The number of alkyl halides is 1. The van der Waals surface area contributed by atoms with E-state index in [9.17, 15) is 8.42 Å². The first kappa shape index (κ1) is 15.4. The number of ether oxygens (including phenoxy) is 1. The van der Waals surface area contributed by atoms with Crippen molar-refractivity contribution in [3.05, 3.63) is 28.2 Å². The molecule has 1 heterocycles. The Labute approximate surface area is 130 Å². The zero-order valence-corrected chi connectivity index (χ0v) is 14.2. The van der Waals surface area contributed by atoms with E-state index in [1.165, 1.54) is 0 Å². The number of hydrogen-bond donors (Lipinski definition) is 1. The van der Waals surface area contributed by atoms with Crippen molar-refractivity contribution in [3.63, 3.8) is 0 Å². The molecule has 0 saturated carbocycles. The molecular formula is C12H15Br2NO3S. The first-order valence-corrected chi connectivity index (χ1v) is 9.37. The van der Waals surface area contributed by atoms with E-state index in [0.29, 0.717) is 23.4 Å². The summed E-state index contributed by atoms with van der Waals surface area (Å²) in [6, 6.07) is 5.14. The Kier molecular flexibility index (Phi) is 5.42. The second kappa shape index (κ2) is 6.67. The topological polar surface area (TPSA) is 55.4 Å². The summed E-state index contributed by atoms with van der Waals surface area (Å²) in [5.41, 5.74) is 0.744. The van der Waals surface area contributed by atoms with Crippen molar-refractivity contribution < 1.29 is 13.2 Å². The SMILES string of the molecule is O=S(=O)(NC1CCOCC1)c1ccc(Br)cc1CBr. The Morgan fingerprint density at radius 3 is 2.63 bits per heavy atom. The highest BCUT2D eigenvalue weighted by molar-refractivity contribution is 9.10. The summed E-state index contributed by atoms with van der Waals surface area (Å²) in [7, 11) is -3.48. The highest BCUT2D eigenvalue weighted by Crippen LogP contribution is 2.23. The Bertz CT molecular complexity index is 542. The molecule has 106 valence electrons. The lowest BCUT2D eigenvalue weighted by atomic mass is 10.1. The average molecular weight is 413 g/mol. The summed E-state index contributed by atoms with van der Waals surface area (Å²) in [6.45, 7) is 1.22. The van der Waals surface area contributed by atoms with Crippen molar-refractivity contribution in [3.8, 4) is 0 Å². The van der Waals surface area contributed by atoms with Crippen LogP contribution in [0.15, 0.2) is 27.6 Å². The standard InChI is InChI=1S/C12H15Br2NO3S/c13-8-9-7-10(14)1-2-12(9)19(16,17)15-11-3-5-18-6-4-11/h1-2,7,11,15H,3-6,8H2. The predicted molar refractivity (Wildman–Crippen MR) is 80.9 cm³/mol. The molecule has 1 aromatic rings. The maximum Gasteiger partial charge on any atom is 0.241 e. The van der Waals surface area contributed by atoms with E-state index >= 15 is 0 Å². The van der Waals surface area contributed by atoms with Crippen LogP contribution in [0.5, 0.6) is 0 Å². The first-order valence-electron chi connectivity index (χ1n) is 5.97. The van der Waals surface area contributed by atoms with E-state index in [2.05, 4.69) is 36.6 Å². The fraction of sp³-hybridized carbons (Fsp3) is 0.500. The molecule has 0 unspecified atom stereocenters. The second-order valence-electron chi connectivity index (χ2n) is 4.39. The van der Waals surface area contributed by atoms with Crippen LogP contribution >= 0.6 is 31.9 Å². The van der Waals surface area contributed by atoms with Gasteiger partial charge < -0.3 is 4.74 Å². The highest BCUT2D eigenvalue weighted by atomic mass is 79.9. The molecular weight excluding hydrogens is 398 g/mol. The fourth-order valence-electron chi connectivity index (χ4n) is 2.01. The molecule has 0 amide bonds. The molecule has 1 aromatic carbocycles. The molecule has 0 aromatic heterocycles. The molecule has 2 rings (SSSR count). The third kappa shape index (κ3) is 4.01. The summed E-state index contributed by atoms with van der Waals surface area (Å²) in [6.07, 6.45) is 1.44. The monoisotopic (exact) mass is 411 g/mol. The Hall–Kier alpha value is 0.0500. The summed E-state index contributed by atoms with van der Waals surface area (Å²) >= 11 is 6.68. The molecule has 1 fully saturated rings. The molecule has 1 aliphatic rings. The molecule has 4 nitrogen and oxygen atoms in total. The van der Waals surface area contributed by atoms with Crippen LogP contribution in [0.25, 0.3) is 0 Å². The molecule has 0 bridgehead atoms. The van der Waals surface area contributed by atoms with Gasteiger partial charge in [0.15, 0.2) is 0 Å². The first-order chi connectivity index (χ1) is 9.03. The van der Waals surface area contributed by atoms with Gasteiger partial charge in [0.05, 0.1) is 4.90 Å². The summed E-state index contributed by atoms with van der Waals surface area (Å²) in [4.78, 5) is 0.332. The van der Waals surface area contributed by atoms with Crippen molar-refractivity contribution in [1.82, 2.24) is 4.72 Å². The minimum absolute atomic E-state index is 0.0365. The quantitative estimate of drug-likeness (QED) is 0.773. The van der Waals surface area contributed by atoms with Crippen LogP contribution in [-0.4, -0.2) is 27.7 Å². The van der Waals surface area contributed by atoms with Crippen molar-refractivity contribution in [2.75, 3.05) is 13.2 Å². The minimum Gasteiger partial charge on any atom is -0.381 e. The highest BCUT2D eigenvalue weighted by Gasteiger charge is 2.24. The van der Waals surface area contributed by atoms with Crippen LogP contribution in [-0.2, 0) is 20.1 Å². The lowest BCUT2D eigenvalue weighted by Crippen LogP contribution is -2.39. The van der Waals surface area contributed by atoms with Gasteiger partial charge in [0.1, 0.15) is 0 Å². The van der Waals surface area contributed by atoms with Gasteiger partial charge in [-0.2, -0.15) is 0 Å². The maximum absolute atomic E-state index is 12.4. The molecule has 1 saturated heterocycles. The van der Waals surface area contributed by atoms with Crippen LogP contribution < -0.4 is 4.72 Å². The van der Waals surface area contributed by atoms with Crippen LogP contribution in [0.2, 0.25) is 0 Å². The summed E-state index contributed by atoms with van der Waals surface area (Å²) in [5.74, 6) is 0. The molecule has 7 heteroatoms. The number of sulfonamides is 1. The van der Waals surface area contributed by atoms with E-state index in [0.717, 1.165) is 22.9 Å². The van der Waals surface area contributed by atoms with Crippen molar-refractivity contribution in [2.45, 2.75) is 29.1 Å². The van der Waals surface area contributed by atoms with Gasteiger partial charge in [0.2, 0.25) is 10.0 Å². The summed E-state index contributed by atoms with van der Waals surface area (Å²) < 4.78 is 33.7.